The van der Waals surface area contributed by atoms with E-state index in [-0.39, 0.29) is 11.9 Å². The van der Waals surface area contributed by atoms with E-state index >= 15 is 0 Å². The lowest BCUT2D eigenvalue weighted by atomic mass is 10.1. The number of nitrogens with two attached hydrogens (primary N) is 1. The van der Waals surface area contributed by atoms with E-state index in [0.29, 0.717) is 22.9 Å². The highest BCUT2D eigenvalue weighted by molar-refractivity contribution is 6.30. The summed E-state index contributed by atoms with van der Waals surface area (Å²) in [5, 5.41) is 0.480. The van der Waals surface area contributed by atoms with E-state index in [2.05, 4.69) is 4.98 Å². The van der Waals surface area contributed by atoms with Gasteiger partial charge in [0.25, 0.3) is 0 Å². The van der Waals surface area contributed by atoms with Crippen LogP contribution in [0.2, 0.25) is 5.02 Å². The van der Waals surface area contributed by atoms with Crippen molar-refractivity contribution in [3.8, 4) is 11.5 Å². The molecule has 0 radical (unpaired) electrons. The van der Waals surface area contributed by atoms with E-state index in [1.807, 2.05) is 6.92 Å². The summed E-state index contributed by atoms with van der Waals surface area (Å²) in [4.78, 5) is 3.93. The van der Waals surface area contributed by atoms with Crippen LogP contribution in [-0.2, 0) is 6.42 Å². The number of rotatable bonds is 4. The maximum Gasteiger partial charge on any atom is 0.147 e. The van der Waals surface area contributed by atoms with Gasteiger partial charge in [0.15, 0.2) is 0 Å². The molecule has 3 nitrogen and oxygen atoms in total. The predicted octanol–water partition coefficient (Wildman–Crippen LogP) is 3.56. The molecule has 0 aliphatic carbocycles. The summed E-state index contributed by atoms with van der Waals surface area (Å²) >= 11 is 5.84. The molecular weight excluding hydrogens is 267 g/mol. The highest BCUT2D eigenvalue weighted by Gasteiger charge is 2.09. The molecule has 0 saturated carbocycles. The summed E-state index contributed by atoms with van der Waals surface area (Å²) in [6, 6.07) is 5.91. The molecule has 2 aromatic rings. The first-order valence-corrected chi connectivity index (χ1v) is 6.25. The van der Waals surface area contributed by atoms with E-state index < -0.39 is 0 Å². The molecule has 1 unspecified atom stereocenters. The molecule has 5 heteroatoms. The number of halogens is 2. The Kier molecular flexibility index (Phi) is 4.35. The second-order valence-electron chi connectivity index (χ2n) is 4.37. The van der Waals surface area contributed by atoms with Crippen LogP contribution < -0.4 is 10.5 Å². The first kappa shape index (κ1) is 13.8. The summed E-state index contributed by atoms with van der Waals surface area (Å²) in [7, 11) is 0. The van der Waals surface area contributed by atoms with Crippen molar-refractivity contribution in [2.45, 2.75) is 19.4 Å². The van der Waals surface area contributed by atoms with E-state index in [0.717, 1.165) is 5.56 Å². The van der Waals surface area contributed by atoms with Crippen molar-refractivity contribution >= 4 is 11.6 Å². The lowest BCUT2D eigenvalue weighted by molar-refractivity contribution is 0.469. The van der Waals surface area contributed by atoms with E-state index in [9.17, 15) is 4.39 Å². The van der Waals surface area contributed by atoms with E-state index in [4.69, 9.17) is 22.1 Å². The van der Waals surface area contributed by atoms with Crippen LogP contribution in [0.4, 0.5) is 4.39 Å². The van der Waals surface area contributed by atoms with Gasteiger partial charge in [0.2, 0.25) is 0 Å². The molecule has 0 amide bonds. The smallest absolute Gasteiger partial charge is 0.147 e. The lowest BCUT2D eigenvalue weighted by Crippen LogP contribution is -2.18. The molecule has 100 valence electrons. The molecule has 0 aliphatic rings. The fraction of sp³-hybridized carbons (Fsp3) is 0.214. The maximum atomic E-state index is 13.3. The zero-order valence-electron chi connectivity index (χ0n) is 10.4. The fourth-order valence-electron chi connectivity index (χ4n) is 1.73. The van der Waals surface area contributed by atoms with Crippen molar-refractivity contribution in [1.29, 1.82) is 0 Å². The number of hydrogen-bond donors (Lipinski definition) is 1. The number of aromatic nitrogens is 1. The summed E-state index contributed by atoms with van der Waals surface area (Å²) in [5.74, 6) is 0.750. The zero-order chi connectivity index (χ0) is 13.8. The largest absolute Gasteiger partial charge is 0.455 e. The van der Waals surface area contributed by atoms with Crippen molar-refractivity contribution in [3.05, 3.63) is 53.1 Å². The molecule has 2 N–H and O–H groups in total. The molecule has 1 atom stereocenters. The third-order valence-electron chi connectivity index (χ3n) is 2.47. The van der Waals surface area contributed by atoms with Gasteiger partial charge in [-0.05, 0) is 37.1 Å². The average molecular weight is 281 g/mol. The molecule has 1 aromatic heterocycles. The second-order valence-corrected chi connectivity index (χ2v) is 4.81. The van der Waals surface area contributed by atoms with Crippen molar-refractivity contribution in [2.75, 3.05) is 0 Å². The quantitative estimate of drug-likeness (QED) is 0.931. The Bertz CT molecular complexity index is 575. The highest BCUT2D eigenvalue weighted by atomic mass is 35.5. The molecule has 0 aliphatic heterocycles. The van der Waals surface area contributed by atoms with Crippen molar-refractivity contribution in [2.24, 2.45) is 5.73 Å². The van der Waals surface area contributed by atoms with E-state index in [1.165, 1.54) is 18.3 Å². The minimum Gasteiger partial charge on any atom is -0.455 e. The molecule has 19 heavy (non-hydrogen) atoms. The Morgan fingerprint density at radius 1 is 1.37 bits per heavy atom. The first-order valence-electron chi connectivity index (χ1n) is 5.87. The van der Waals surface area contributed by atoms with Crippen LogP contribution >= 0.6 is 11.6 Å². The topological polar surface area (TPSA) is 48.1 Å². The predicted molar refractivity (Wildman–Crippen MR) is 73.1 cm³/mol. The Morgan fingerprint density at radius 3 is 2.84 bits per heavy atom. The van der Waals surface area contributed by atoms with Gasteiger partial charge in [-0.1, -0.05) is 11.6 Å². The third-order valence-corrected chi connectivity index (χ3v) is 2.68. The number of benzene rings is 1. The monoisotopic (exact) mass is 280 g/mol. The molecule has 1 heterocycles. The number of hydrogen-bond acceptors (Lipinski definition) is 3. The van der Waals surface area contributed by atoms with Crippen molar-refractivity contribution < 1.29 is 9.13 Å². The van der Waals surface area contributed by atoms with Gasteiger partial charge < -0.3 is 10.5 Å². The average Bonchev–Trinajstić information content (AvgIpc) is 2.32. The maximum absolute atomic E-state index is 13.3. The van der Waals surface area contributed by atoms with Crippen LogP contribution in [0.3, 0.4) is 0 Å². The molecule has 0 bridgehead atoms. The summed E-state index contributed by atoms with van der Waals surface area (Å²) in [5.41, 5.74) is 6.47. The fourth-order valence-corrected chi connectivity index (χ4v) is 1.89. The lowest BCUT2D eigenvalue weighted by Gasteiger charge is -2.13. The van der Waals surface area contributed by atoms with Gasteiger partial charge in [-0.2, -0.15) is 0 Å². The van der Waals surface area contributed by atoms with Gasteiger partial charge in [-0.25, -0.2) is 4.39 Å². The molecule has 1 aromatic carbocycles. The molecule has 0 fully saturated rings. The Labute approximate surface area is 116 Å². The van der Waals surface area contributed by atoms with Crippen molar-refractivity contribution in [3.63, 3.8) is 0 Å². The first-order chi connectivity index (χ1) is 9.04. The van der Waals surface area contributed by atoms with E-state index in [1.54, 1.807) is 18.3 Å². The molecular formula is C14H14ClFN2O. The van der Waals surface area contributed by atoms with Crippen LogP contribution in [-0.4, -0.2) is 11.0 Å². The van der Waals surface area contributed by atoms with Crippen LogP contribution in [0.5, 0.6) is 11.5 Å². The summed E-state index contributed by atoms with van der Waals surface area (Å²) < 4.78 is 18.9. The normalized spacial score (nSPS) is 12.2. The highest BCUT2D eigenvalue weighted by Crippen LogP contribution is 2.27. The number of pyridine rings is 1. The number of nitrogens with zero attached hydrogens (tertiary/aromatic N) is 1. The molecule has 0 spiro atoms. The third kappa shape index (κ3) is 3.91. The van der Waals surface area contributed by atoms with Gasteiger partial charge in [0.1, 0.15) is 17.3 Å². The Morgan fingerprint density at radius 2 is 2.16 bits per heavy atom. The van der Waals surface area contributed by atoms with Crippen molar-refractivity contribution in [1.82, 2.24) is 4.98 Å². The van der Waals surface area contributed by atoms with Gasteiger partial charge in [0, 0.05) is 18.3 Å². The molecule has 0 saturated heterocycles. The number of ether oxygens (including phenoxy) is 1. The van der Waals surface area contributed by atoms with Crippen LogP contribution in [0.1, 0.15) is 12.5 Å². The summed E-state index contributed by atoms with van der Waals surface area (Å²) in [6.45, 7) is 1.86. The summed E-state index contributed by atoms with van der Waals surface area (Å²) in [6.07, 6.45) is 3.59. The SMILES string of the molecule is CC(N)Cc1cc(F)ccc1Oc1cncc(Cl)c1. The van der Waals surface area contributed by atoms with Crippen LogP contribution in [0.15, 0.2) is 36.7 Å². The minimum absolute atomic E-state index is 0.0818. The van der Waals surface area contributed by atoms with Gasteiger partial charge in [-0.3, -0.25) is 4.98 Å². The van der Waals surface area contributed by atoms with Crippen LogP contribution in [0, 0.1) is 5.82 Å². The van der Waals surface area contributed by atoms with Crippen LogP contribution in [0.25, 0.3) is 0 Å². The zero-order valence-corrected chi connectivity index (χ0v) is 11.2. The van der Waals surface area contributed by atoms with Gasteiger partial charge in [0.05, 0.1) is 11.2 Å². The standard InChI is InChI=1S/C14H14ClFN2O/c1-9(17)4-10-5-12(16)2-3-14(10)19-13-6-11(15)7-18-8-13/h2-3,5-9H,4,17H2,1H3. The second kappa shape index (κ2) is 5.99. The van der Waals surface area contributed by atoms with Gasteiger partial charge >= 0.3 is 0 Å². The minimum atomic E-state index is -0.313. The Hall–Kier alpha value is -1.65. The Balaban J connectivity index is 2.28. The molecule has 2 rings (SSSR count). The van der Waals surface area contributed by atoms with Gasteiger partial charge in [-0.15, -0.1) is 0 Å².